The van der Waals surface area contributed by atoms with Crippen LogP contribution in [0.3, 0.4) is 0 Å². The Labute approximate surface area is 134 Å². The Kier molecular flexibility index (Phi) is 20.1. The summed E-state index contributed by atoms with van der Waals surface area (Å²) in [7, 11) is 3.99. The third kappa shape index (κ3) is 10.2. The van der Waals surface area contributed by atoms with Gasteiger partial charge < -0.3 is 36.6 Å². The van der Waals surface area contributed by atoms with Gasteiger partial charge in [-0.05, 0) is 14.1 Å². The first-order valence-electron chi connectivity index (χ1n) is 5.04. The van der Waals surface area contributed by atoms with Crippen molar-refractivity contribution in [2.24, 2.45) is 0 Å². The van der Waals surface area contributed by atoms with Gasteiger partial charge in [-0.15, -0.1) is 6.54 Å². The second kappa shape index (κ2) is 13.0. The maximum absolute atomic E-state index is 3.61. The first kappa shape index (κ1) is 26.2. The van der Waals surface area contributed by atoms with E-state index in [0.717, 1.165) is 6.54 Å². The Hall–Kier alpha value is 0.604. The third-order valence-electron chi connectivity index (χ3n) is 2.63. The molecular weight excluding hydrogens is 289 g/mol. The molecule has 0 heterocycles. The van der Waals surface area contributed by atoms with Crippen LogP contribution in [0.15, 0.2) is 6.07 Å². The number of nitrogens with zero attached hydrogens (tertiary/aromatic N) is 1. The van der Waals surface area contributed by atoms with Crippen molar-refractivity contribution in [1.29, 1.82) is 0 Å². The van der Waals surface area contributed by atoms with Gasteiger partial charge in [0.05, 0.1) is 0 Å². The first-order valence-corrected chi connectivity index (χ1v) is 5.04. The van der Waals surface area contributed by atoms with E-state index in [1.807, 2.05) is 19.0 Å². The number of hydrogen-bond donors (Lipinski definition) is 0. The molecule has 0 aliphatic carbocycles. The second-order valence-corrected chi connectivity index (χ2v) is 4.06. The molecule has 0 aromatic heterocycles. The van der Waals surface area contributed by atoms with Gasteiger partial charge in [-0.1, -0.05) is 27.7 Å². The van der Waals surface area contributed by atoms with E-state index in [-0.39, 0.29) is 46.5 Å². The van der Waals surface area contributed by atoms with Crippen molar-refractivity contribution in [3.8, 4) is 0 Å². The van der Waals surface area contributed by atoms with E-state index in [2.05, 4.69) is 40.7 Å². The molecule has 1 aromatic carbocycles. The molecule has 0 amide bonds. The molecule has 98 valence electrons. The molecule has 0 bridgehead atoms. The Bertz CT molecular complexity index is 261. The Morgan fingerprint density at radius 2 is 1.18 bits per heavy atom. The van der Waals surface area contributed by atoms with Gasteiger partial charge in [0.1, 0.15) is 0 Å². The molecule has 0 fully saturated rings. The van der Waals surface area contributed by atoms with Crippen molar-refractivity contribution in [3.05, 3.63) is 35.2 Å². The van der Waals surface area contributed by atoms with Gasteiger partial charge in [0.25, 0.3) is 0 Å². The van der Waals surface area contributed by atoms with Crippen LogP contribution >= 0.6 is 0 Å². The minimum absolute atomic E-state index is 0. The van der Waals surface area contributed by atoms with Crippen LogP contribution < -0.4 is 24.8 Å². The van der Waals surface area contributed by atoms with Crippen molar-refractivity contribution in [2.45, 2.75) is 27.7 Å². The molecule has 1 nitrogen and oxygen atoms in total. The predicted octanol–water partition coefficient (Wildman–Crippen LogP) is -2.97. The largest absolute Gasteiger partial charge is 4.00 e. The van der Waals surface area contributed by atoms with Crippen molar-refractivity contribution in [2.75, 3.05) is 20.6 Å². The molecule has 4 heteroatoms. The summed E-state index contributed by atoms with van der Waals surface area (Å²) in [6.07, 6.45) is 0. The minimum atomic E-state index is 0. The van der Waals surface area contributed by atoms with E-state index in [1.54, 1.807) is 0 Å². The van der Waals surface area contributed by atoms with Gasteiger partial charge in [-0.3, -0.25) is 0 Å². The van der Waals surface area contributed by atoms with Crippen LogP contribution in [0, 0.1) is 34.6 Å². The van der Waals surface area contributed by atoms with Crippen LogP contribution in [0.4, 0.5) is 0 Å². The number of halogens is 2. The summed E-state index contributed by atoms with van der Waals surface area (Å²) in [5.41, 5.74) is 5.75. The summed E-state index contributed by atoms with van der Waals surface area (Å²) in [6.45, 7) is 13.2. The zero-order valence-electron chi connectivity index (χ0n) is 11.7. The zero-order chi connectivity index (χ0) is 11.3. The van der Waals surface area contributed by atoms with Crippen molar-refractivity contribution >= 4 is 0 Å². The average Bonchev–Trinajstić information content (AvgIpc) is 2.34. The Balaban J connectivity index is -0.0000000948. The fraction of sp³-hybridized carbons (Fsp3) is 0.538. The summed E-state index contributed by atoms with van der Waals surface area (Å²) in [6, 6.07) is 2.24. The molecule has 0 atom stereocenters. The predicted molar refractivity (Wildman–Crippen MR) is 64.9 cm³/mol. The number of hydrogen-bond acceptors (Lipinski definition) is 1. The molecule has 0 unspecified atom stereocenters. The van der Waals surface area contributed by atoms with Gasteiger partial charge in [-0.25, -0.2) is 0 Å². The zero-order valence-corrected chi connectivity index (χ0v) is 14.8. The molecule has 17 heavy (non-hydrogen) atoms. The van der Waals surface area contributed by atoms with Gasteiger partial charge in [0.2, 0.25) is 0 Å². The van der Waals surface area contributed by atoms with Crippen LogP contribution in [0.1, 0.15) is 22.3 Å². The first-order chi connectivity index (χ1) is 6.40. The van der Waals surface area contributed by atoms with Crippen LogP contribution in [-0.2, 0) is 21.7 Å². The maximum Gasteiger partial charge on any atom is 4.00 e. The van der Waals surface area contributed by atoms with Gasteiger partial charge in [0.15, 0.2) is 0 Å². The van der Waals surface area contributed by atoms with E-state index in [4.69, 9.17) is 0 Å². The van der Waals surface area contributed by atoms with Crippen molar-refractivity contribution in [1.82, 2.24) is 4.90 Å². The summed E-state index contributed by atoms with van der Waals surface area (Å²) in [5.74, 6) is 0. The fourth-order valence-electron chi connectivity index (χ4n) is 1.13. The SMILES string of the molecule is Cc1[cH-]c(C)c(C)c1C.[CH2-]CN(C)C.[Cl-].[Cl-].[Ti+4]. The van der Waals surface area contributed by atoms with Crippen LogP contribution in [0.25, 0.3) is 0 Å². The minimum Gasteiger partial charge on any atom is -1.00 e. The van der Waals surface area contributed by atoms with Crippen LogP contribution in [0.2, 0.25) is 0 Å². The van der Waals surface area contributed by atoms with E-state index in [0.29, 0.717) is 0 Å². The van der Waals surface area contributed by atoms with Crippen molar-refractivity contribution in [3.63, 3.8) is 0 Å². The van der Waals surface area contributed by atoms with Gasteiger partial charge in [-0.2, -0.15) is 28.3 Å². The molecule has 1 rings (SSSR count). The maximum atomic E-state index is 3.61. The smallest absolute Gasteiger partial charge is 1.00 e. The Morgan fingerprint density at radius 1 is 0.941 bits per heavy atom. The molecule has 0 saturated heterocycles. The van der Waals surface area contributed by atoms with E-state index >= 15 is 0 Å². The molecule has 0 aliphatic heterocycles. The summed E-state index contributed by atoms with van der Waals surface area (Å²) >= 11 is 0. The molecule has 0 saturated carbocycles. The quantitative estimate of drug-likeness (QED) is 0.395. The van der Waals surface area contributed by atoms with Gasteiger partial charge >= 0.3 is 21.7 Å². The number of rotatable bonds is 1. The van der Waals surface area contributed by atoms with E-state index in [9.17, 15) is 0 Å². The van der Waals surface area contributed by atoms with E-state index < -0.39 is 0 Å². The standard InChI is InChI=1S/C9H13.C4H10N.2ClH.Ti/c1-6-5-7(2)9(4)8(6)3;1-4-5(2)3;;;/h5H,1-4H3;1,4H2,2-3H3;2*1H;/q2*-1;;;+4/p-2. The molecular formula is C13H23Cl2NTi. The topological polar surface area (TPSA) is 3.24 Å². The summed E-state index contributed by atoms with van der Waals surface area (Å²) in [5, 5.41) is 0. The average molecular weight is 312 g/mol. The summed E-state index contributed by atoms with van der Waals surface area (Å²) < 4.78 is 0. The Morgan fingerprint density at radius 3 is 1.24 bits per heavy atom. The molecule has 0 N–H and O–H groups in total. The van der Waals surface area contributed by atoms with Crippen LogP contribution in [0.5, 0.6) is 0 Å². The normalized spacial score (nSPS) is 8.24. The van der Waals surface area contributed by atoms with E-state index in [1.165, 1.54) is 22.3 Å². The summed E-state index contributed by atoms with van der Waals surface area (Å²) in [4.78, 5) is 2.01. The van der Waals surface area contributed by atoms with Gasteiger partial charge in [0, 0.05) is 0 Å². The molecule has 0 radical (unpaired) electrons. The number of aryl methyl sites for hydroxylation is 2. The fourth-order valence-corrected chi connectivity index (χ4v) is 1.13. The van der Waals surface area contributed by atoms with Crippen molar-refractivity contribution < 1.29 is 46.5 Å². The van der Waals surface area contributed by atoms with Crippen LogP contribution in [-0.4, -0.2) is 25.5 Å². The molecule has 0 spiro atoms. The third-order valence-corrected chi connectivity index (χ3v) is 2.63. The second-order valence-electron chi connectivity index (χ2n) is 4.06. The molecule has 0 aliphatic rings. The molecule has 1 aromatic rings. The monoisotopic (exact) mass is 311 g/mol.